The van der Waals surface area contributed by atoms with Crippen LogP contribution in [0, 0.1) is 24.2 Å². The maximum Gasteiger partial charge on any atom is 0.355 e. The number of aryl methyl sites for hydroxylation is 1. The van der Waals surface area contributed by atoms with Crippen LogP contribution in [0.4, 0.5) is 10.6 Å². The van der Waals surface area contributed by atoms with Crippen LogP contribution in [0.5, 0.6) is 0 Å². The maximum atomic E-state index is 12.1. The van der Waals surface area contributed by atoms with E-state index in [9.17, 15) is 9.90 Å². The number of likely N-dealkylation sites (tertiary alicyclic amines) is 1. The van der Waals surface area contributed by atoms with Crippen LogP contribution in [0.1, 0.15) is 36.6 Å². The van der Waals surface area contributed by atoms with Crippen LogP contribution in [0.2, 0.25) is 0 Å². The Bertz CT molecular complexity index is 922. The van der Waals surface area contributed by atoms with Crippen LogP contribution in [-0.2, 0) is 0 Å². The van der Waals surface area contributed by atoms with Gasteiger partial charge in [-0.1, -0.05) is 0 Å². The number of nitriles is 1. The van der Waals surface area contributed by atoms with Gasteiger partial charge in [-0.05, 0) is 26.2 Å². The number of carbonyl (C=O) groups is 1. The summed E-state index contributed by atoms with van der Waals surface area (Å²) in [5.41, 5.74) is 2.56. The van der Waals surface area contributed by atoms with Gasteiger partial charge >= 0.3 is 16.3 Å². The molecule has 4 rings (SSSR count). The zero-order valence-corrected chi connectivity index (χ0v) is 17.7. The average molecular weight is 382 g/mol. The Morgan fingerprint density at radius 1 is 1.41 bits per heavy atom. The van der Waals surface area contributed by atoms with Crippen molar-refractivity contribution in [3.8, 4) is 6.07 Å². The average Bonchev–Trinajstić information content (AvgIpc) is 3.23. The van der Waals surface area contributed by atoms with Crippen LogP contribution in [0.15, 0.2) is 12.3 Å². The summed E-state index contributed by atoms with van der Waals surface area (Å²) in [5.74, 6) is 0.392. The number of hydrogen-bond acceptors (Lipinski definition) is 6. The fraction of sp³-hybridized carbons (Fsp3) is 0.556. The molecule has 2 aromatic heterocycles. The molecule has 0 aromatic carbocycles. The first-order valence-corrected chi connectivity index (χ1v) is 10.4. The molecule has 8 nitrogen and oxygen atoms in total. The standard InChI is InChI=1S/C18H21N6O2.Al.2H/c1-12-8-24-17(20-18(12)23-9-13(7-19)16(26)10-23)6-14(21-24)15-4-2-3-5-22(15)11-25;;;/h6,8,13,15-16,26H,2-5,9-10H2,1H3;;;/t13-,15+,16-;;;/m1.../s1. The van der Waals surface area contributed by atoms with Gasteiger partial charge in [0, 0.05) is 37.5 Å². The van der Waals surface area contributed by atoms with Crippen molar-refractivity contribution >= 4 is 32.5 Å². The third-order valence-corrected chi connectivity index (χ3v) is 6.20. The second-order valence-electron chi connectivity index (χ2n) is 7.55. The molecule has 0 radical (unpaired) electrons. The molecule has 0 unspecified atom stereocenters. The van der Waals surface area contributed by atoms with E-state index in [0.29, 0.717) is 29.4 Å². The van der Waals surface area contributed by atoms with Crippen LogP contribution < -0.4 is 4.90 Å². The molecule has 2 fully saturated rings. The summed E-state index contributed by atoms with van der Waals surface area (Å²) in [4.78, 5) is 20.7. The topological polar surface area (TPSA) is 97.8 Å². The molecule has 4 heterocycles. The number of amides is 1. The lowest BCUT2D eigenvalue weighted by molar-refractivity contribution is 0.170. The highest BCUT2D eigenvalue weighted by Crippen LogP contribution is 2.31. The number of aliphatic hydroxyl groups excluding tert-OH is 1. The van der Waals surface area contributed by atoms with Gasteiger partial charge in [0.1, 0.15) is 10.6 Å². The molecule has 2 saturated heterocycles. The summed E-state index contributed by atoms with van der Waals surface area (Å²) in [6.45, 7) is 3.66. The fourth-order valence-electron chi connectivity index (χ4n) is 4.20. The summed E-state index contributed by atoms with van der Waals surface area (Å²) in [6.07, 6.45) is 4.37. The molecule has 0 bridgehead atoms. The summed E-state index contributed by atoms with van der Waals surface area (Å²) >= 11 is 0.519. The summed E-state index contributed by atoms with van der Waals surface area (Å²) in [5, 5.41) is 23.9. The number of hydrogen-bond donors (Lipinski definition) is 1. The van der Waals surface area contributed by atoms with Crippen molar-refractivity contribution < 1.29 is 9.90 Å². The first kappa shape index (κ1) is 18.2. The predicted molar refractivity (Wildman–Crippen MR) is 102 cm³/mol. The molecule has 2 aliphatic rings. The SMILES string of the molecule is Cc1cn2nc([C@@H]3CCCCN3[C](=O)[AlH2])cc2nc1N1C[C@@H](O)[C@H](C#N)C1. The maximum absolute atomic E-state index is 12.1. The van der Waals surface area contributed by atoms with E-state index in [1.54, 1.807) is 4.52 Å². The molecule has 0 spiro atoms. The van der Waals surface area contributed by atoms with Gasteiger partial charge in [0.15, 0.2) is 5.65 Å². The highest BCUT2D eigenvalue weighted by molar-refractivity contribution is 6.56. The molecule has 2 aromatic rings. The molecule has 0 aliphatic carbocycles. The lowest BCUT2D eigenvalue weighted by Gasteiger charge is -2.34. The molecule has 9 heteroatoms. The zero-order valence-electron chi connectivity index (χ0n) is 15.7. The van der Waals surface area contributed by atoms with E-state index in [4.69, 9.17) is 15.3 Å². The predicted octanol–water partition coefficient (Wildman–Crippen LogP) is 0.639. The third kappa shape index (κ3) is 3.30. The molecule has 2 aliphatic heterocycles. The molecule has 1 N–H and O–H groups in total. The van der Waals surface area contributed by atoms with Crippen molar-refractivity contribution in [2.24, 2.45) is 5.92 Å². The van der Waals surface area contributed by atoms with Gasteiger partial charge in [-0.15, -0.1) is 0 Å². The Labute approximate surface area is 165 Å². The van der Waals surface area contributed by atoms with E-state index in [2.05, 4.69) is 6.07 Å². The first-order valence-electron chi connectivity index (χ1n) is 9.44. The minimum absolute atomic E-state index is 0.0331. The van der Waals surface area contributed by atoms with Crippen LogP contribution >= 0.6 is 0 Å². The van der Waals surface area contributed by atoms with Gasteiger partial charge in [0.25, 0.3) is 0 Å². The minimum Gasteiger partial charge on any atom is -0.390 e. The van der Waals surface area contributed by atoms with Gasteiger partial charge in [0.05, 0.1) is 29.8 Å². The number of fused-ring (bicyclic) bond motifs is 1. The van der Waals surface area contributed by atoms with Crippen LogP contribution in [0.25, 0.3) is 5.65 Å². The van der Waals surface area contributed by atoms with E-state index in [1.165, 1.54) is 0 Å². The van der Waals surface area contributed by atoms with Crippen molar-refractivity contribution in [2.45, 2.75) is 38.3 Å². The number of anilines is 1. The molecule has 1 amide bonds. The Hall–Kier alpha value is -2.13. The van der Waals surface area contributed by atoms with E-state index < -0.39 is 12.0 Å². The Balaban J connectivity index is 1.67. The number of aromatic nitrogens is 3. The number of β-amino-alcohol motifs (C(OH)–C–C–N with tert-alkyl or cyclic N) is 1. The summed E-state index contributed by atoms with van der Waals surface area (Å²) in [6, 6.07) is 4.16. The molecule has 0 saturated carbocycles. The smallest absolute Gasteiger partial charge is 0.355 e. The molecular formula is C18H23AlN6O2. The molecule has 140 valence electrons. The largest absolute Gasteiger partial charge is 0.390 e. The lowest BCUT2D eigenvalue weighted by Crippen LogP contribution is -2.37. The highest BCUT2D eigenvalue weighted by Gasteiger charge is 2.33. The minimum atomic E-state index is -0.650. The quantitative estimate of drug-likeness (QED) is 0.766. The van der Waals surface area contributed by atoms with Crippen molar-refractivity contribution in [1.82, 2.24) is 19.5 Å². The molecular weight excluding hydrogens is 359 g/mol. The third-order valence-electron chi connectivity index (χ3n) is 5.63. The number of aliphatic hydroxyl groups is 1. The Morgan fingerprint density at radius 3 is 2.93 bits per heavy atom. The van der Waals surface area contributed by atoms with Gasteiger partial charge in [0.2, 0.25) is 0 Å². The number of rotatable bonds is 2. The Morgan fingerprint density at radius 2 is 2.22 bits per heavy atom. The normalized spacial score (nSPS) is 25.7. The Kier molecular flexibility index (Phi) is 4.81. The van der Waals surface area contributed by atoms with Crippen molar-refractivity contribution in [2.75, 3.05) is 24.5 Å². The van der Waals surface area contributed by atoms with Gasteiger partial charge in [-0.25, -0.2) is 9.50 Å². The fourth-order valence-corrected chi connectivity index (χ4v) is 4.74. The van der Waals surface area contributed by atoms with E-state index in [1.807, 2.05) is 29.0 Å². The highest BCUT2D eigenvalue weighted by atomic mass is 27.0. The van der Waals surface area contributed by atoms with Gasteiger partial charge < -0.3 is 14.9 Å². The number of carbonyl (C=O) groups excluding carboxylic acids is 1. The molecule has 3 atom stereocenters. The molecule has 27 heavy (non-hydrogen) atoms. The summed E-state index contributed by atoms with van der Waals surface area (Å²) < 4.78 is 1.99. The van der Waals surface area contributed by atoms with E-state index >= 15 is 0 Å². The monoisotopic (exact) mass is 382 g/mol. The van der Waals surface area contributed by atoms with E-state index in [-0.39, 0.29) is 10.8 Å². The van der Waals surface area contributed by atoms with Crippen molar-refractivity contribution in [3.05, 3.63) is 23.5 Å². The van der Waals surface area contributed by atoms with Crippen LogP contribution in [0.3, 0.4) is 0 Å². The number of nitrogens with zero attached hydrogens (tertiary/aromatic N) is 6. The van der Waals surface area contributed by atoms with Crippen molar-refractivity contribution in [3.63, 3.8) is 0 Å². The van der Waals surface area contributed by atoms with Gasteiger partial charge in [-0.2, -0.15) is 10.4 Å². The van der Waals surface area contributed by atoms with E-state index in [0.717, 1.165) is 48.5 Å². The van der Waals surface area contributed by atoms with Crippen molar-refractivity contribution in [1.29, 1.82) is 5.26 Å². The summed E-state index contributed by atoms with van der Waals surface area (Å²) in [7, 11) is 0. The first-order chi connectivity index (χ1) is 13.0. The van der Waals surface area contributed by atoms with Gasteiger partial charge in [-0.3, -0.25) is 4.79 Å². The second-order valence-corrected chi connectivity index (χ2v) is 8.41. The lowest BCUT2D eigenvalue weighted by atomic mass is 10.0. The van der Waals surface area contributed by atoms with Crippen LogP contribution in [-0.4, -0.2) is 71.4 Å². The number of piperidine rings is 1. The zero-order chi connectivity index (χ0) is 19.1. The second kappa shape index (κ2) is 7.12.